The molecule has 0 spiro atoms. The van der Waals surface area contributed by atoms with Crippen LogP contribution in [0.1, 0.15) is 26.3 Å². The SMILES string of the molecule is CCC(C)[n+]1ccc(-c2ccncc2)cc1. The number of hydrogen-bond donors (Lipinski definition) is 0. The van der Waals surface area contributed by atoms with E-state index in [1.54, 1.807) is 0 Å². The van der Waals surface area contributed by atoms with Crippen molar-refractivity contribution in [3.8, 4) is 11.1 Å². The Hall–Kier alpha value is -1.70. The lowest BCUT2D eigenvalue weighted by Crippen LogP contribution is -2.36. The lowest BCUT2D eigenvalue weighted by Gasteiger charge is -2.04. The highest BCUT2D eigenvalue weighted by Crippen LogP contribution is 2.16. The predicted octanol–water partition coefficient (Wildman–Crippen LogP) is 3.01. The van der Waals surface area contributed by atoms with E-state index < -0.39 is 0 Å². The summed E-state index contributed by atoms with van der Waals surface area (Å²) in [7, 11) is 0. The molecule has 2 aromatic rings. The van der Waals surface area contributed by atoms with Crippen molar-refractivity contribution in [1.82, 2.24) is 4.98 Å². The molecular formula is C14H17N2+. The molecule has 16 heavy (non-hydrogen) atoms. The normalized spacial score (nSPS) is 12.4. The van der Waals surface area contributed by atoms with Crippen LogP contribution in [0, 0.1) is 0 Å². The van der Waals surface area contributed by atoms with Crippen LogP contribution >= 0.6 is 0 Å². The molecule has 2 aromatic heterocycles. The van der Waals surface area contributed by atoms with E-state index in [4.69, 9.17) is 0 Å². The molecule has 82 valence electrons. The van der Waals surface area contributed by atoms with Gasteiger partial charge in [0.15, 0.2) is 18.4 Å². The Labute approximate surface area is 96.6 Å². The quantitative estimate of drug-likeness (QED) is 0.716. The van der Waals surface area contributed by atoms with Crippen LogP contribution in [0.3, 0.4) is 0 Å². The summed E-state index contributed by atoms with van der Waals surface area (Å²) in [5.41, 5.74) is 2.45. The van der Waals surface area contributed by atoms with Crippen LogP contribution in [0.5, 0.6) is 0 Å². The predicted molar refractivity (Wildman–Crippen MR) is 64.9 cm³/mol. The topological polar surface area (TPSA) is 16.8 Å². The van der Waals surface area contributed by atoms with Gasteiger partial charge in [0.05, 0.1) is 0 Å². The molecule has 0 saturated carbocycles. The molecule has 0 aliphatic rings. The average molecular weight is 213 g/mol. The highest BCUT2D eigenvalue weighted by atomic mass is 15.0. The largest absolute Gasteiger partial charge is 0.265 e. The molecule has 2 nitrogen and oxygen atoms in total. The summed E-state index contributed by atoms with van der Waals surface area (Å²) < 4.78 is 2.24. The van der Waals surface area contributed by atoms with Crippen LogP contribution in [0.25, 0.3) is 11.1 Å². The minimum atomic E-state index is 0.562. The zero-order valence-electron chi connectivity index (χ0n) is 9.80. The third-order valence-corrected chi connectivity index (χ3v) is 2.97. The summed E-state index contributed by atoms with van der Waals surface area (Å²) in [6.07, 6.45) is 9.09. The van der Waals surface area contributed by atoms with Crippen molar-refractivity contribution >= 4 is 0 Å². The van der Waals surface area contributed by atoms with Gasteiger partial charge >= 0.3 is 0 Å². The van der Waals surface area contributed by atoms with E-state index in [1.807, 2.05) is 24.5 Å². The number of aromatic nitrogens is 2. The fourth-order valence-corrected chi connectivity index (χ4v) is 1.68. The van der Waals surface area contributed by atoms with Crippen LogP contribution in [0.4, 0.5) is 0 Å². The van der Waals surface area contributed by atoms with Gasteiger partial charge in [-0.3, -0.25) is 4.98 Å². The second-order valence-electron chi connectivity index (χ2n) is 4.03. The van der Waals surface area contributed by atoms with Gasteiger partial charge in [0, 0.05) is 30.9 Å². The zero-order valence-corrected chi connectivity index (χ0v) is 9.80. The van der Waals surface area contributed by atoms with E-state index in [2.05, 4.69) is 47.9 Å². The lowest BCUT2D eigenvalue weighted by atomic mass is 10.1. The Morgan fingerprint density at radius 1 is 1.06 bits per heavy atom. The third-order valence-electron chi connectivity index (χ3n) is 2.97. The van der Waals surface area contributed by atoms with Gasteiger partial charge in [-0.05, 0) is 30.2 Å². The maximum absolute atomic E-state index is 4.02. The third kappa shape index (κ3) is 2.27. The summed E-state index contributed by atoms with van der Waals surface area (Å²) in [4.78, 5) is 4.02. The van der Waals surface area contributed by atoms with Gasteiger partial charge in [0.2, 0.25) is 0 Å². The molecule has 0 fully saturated rings. The maximum Gasteiger partial charge on any atom is 0.169 e. The van der Waals surface area contributed by atoms with E-state index in [9.17, 15) is 0 Å². The number of nitrogens with zero attached hydrogens (tertiary/aromatic N) is 2. The van der Waals surface area contributed by atoms with Crippen molar-refractivity contribution in [2.75, 3.05) is 0 Å². The molecule has 0 bridgehead atoms. The second kappa shape index (κ2) is 4.88. The van der Waals surface area contributed by atoms with E-state index in [1.165, 1.54) is 11.1 Å². The van der Waals surface area contributed by atoms with E-state index in [-0.39, 0.29) is 0 Å². The standard InChI is InChI=1S/C14H17N2/c1-3-12(2)16-10-6-14(7-11-16)13-4-8-15-9-5-13/h4-12H,3H2,1-2H3/q+1. The summed E-state index contributed by atoms with van der Waals surface area (Å²) >= 11 is 0. The Bertz CT molecular complexity index is 434. The highest BCUT2D eigenvalue weighted by Gasteiger charge is 2.08. The van der Waals surface area contributed by atoms with Gasteiger partial charge in [-0.1, -0.05) is 6.92 Å². The van der Waals surface area contributed by atoms with Crippen molar-refractivity contribution < 1.29 is 4.57 Å². The fraction of sp³-hybridized carbons (Fsp3) is 0.286. The van der Waals surface area contributed by atoms with Crippen LogP contribution in [0.15, 0.2) is 49.1 Å². The van der Waals surface area contributed by atoms with Gasteiger partial charge in [0.1, 0.15) is 0 Å². The molecule has 2 rings (SSSR count). The Morgan fingerprint density at radius 2 is 1.62 bits per heavy atom. The number of pyridine rings is 2. The van der Waals surface area contributed by atoms with Crippen molar-refractivity contribution in [2.45, 2.75) is 26.3 Å². The minimum Gasteiger partial charge on any atom is -0.265 e. The first kappa shape index (κ1) is 10.8. The number of hydrogen-bond acceptors (Lipinski definition) is 1. The highest BCUT2D eigenvalue weighted by molar-refractivity contribution is 5.61. The van der Waals surface area contributed by atoms with Gasteiger partial charge < -0.3 is 0 Å². The van der Waals surface area contributed by atoms with Crippen LogP contribution < -0.4 is 4.57 Å². The first-order valence-corrected chi connectivity index (χ1v) is 5.72. The summed E-state index contributed by atoms with van der Waals surface area (Å²) in [5.74, 6) is 0. The monoisotopic (exact) mass is 213 g/mol. The van der Waals surface area contributed by atoms with Gasteiger partial charge in [-0.25, -0.2) is 4.57 Å². The Balaban J connectivity index is 2.26. The smallest absolute Gasteiger partial charge is 0.169 e. The fourth-order valence-electron chi connectivity index (χ4n) is 1.68. The van der Waals surface area contributed by atoms with E-state index in [0.29, 0.717) is 6.04 Å². The minimum absolute atomic E-state index is 0.562. The van der Waals surface area contributed by atoms with Crippen LogP contribution in [-0.4, -0.2) is 4.98 Å². The molecule has 0 radical (unpaired) electrons. The molecule has 2 heteroatoms. The van der Waals surface area contributed by atoms with E-state index in [0.717, 1.165) is 6.42 Å². The molecule has 1 atom stereocenters. The molecule has 0 aromatic carbocycles. The first-order valence-electron chi connectivity index (χ1n) is 5.72. The number of rotatable bonds is 3. The Kier molecular flexibility index (Phi) is 3.30. The van der Waals surface area contributed by atoms with Crippen LogP contribution in [0.2, 0.25) is 0 Å². The molecule has 0 aliphatic heterocycles. The van der Waals surface area contributed by atoms with Crippen molar-refractivity contribution in [3.05, 3.63) is 49.1 Å². The molecular weight excluding hydrogens is 196 g/mol. The first-order chi connectivity index (χ1) is 7.81. The van der Waals surface area contributed by atoms with E-state index >= 15 is 0 Å². The van der Waals surface area contributed by atoms with Crippen molar-refractivity contribution in [3.63, 3.8) is 0 Å². The van der Waals surface area contributed by atoms with Crippen molar-refractivity contribution in [1.29, 1.82) is 0 Å². The van der Waals surface area contributed by atoms with Crippen molar-refractivity contribution in [2.24, 2.45) is 0 Å². The summed E-state index contributed by atoms with van der Waals surface area (Å²) in [5, 5.41) is 0. The molecule has 1 unspecified atom stereocenters. The molecule has 0 aliphatic carbocycles. The second-order valence-corrected chi connectivity index (χ2v) is 4.03. The van der Waals surface area contributed by atoms with Crippen LogP contribution in [-0.2, 0) is 0 Å². The van der Waals surface area contributed by atoms with Gasteiger partial charge in [-0.15, -0.1) is 0 Å². The van der Waals surface area contributed by atoms with Gasteiger partial charge in [-0.2, -0.15) is 0 Å². The average Bonchev–Trinajstić information content (AvgIpc) is 2.39. The molecule has 2 heterocycles. The van der Waals surface area contributed by atoms with Gasteiger partial charge in [0.25, 0.3) is 0 Å². The summed E-state index contributed by atoms with van der Waals surface area (Å²) in [6, 6.07) is 8.93. The molecule has 0 amide bonds. The Morgan fingerprint density at radius 3 is 2.19 bits per heavy atom. The molecule has 0 N–H and O–H groups in total. The lowest BCUT2D eigenvalue weighted by molar-refractivity contribution is -0.719. The summed E-state index contributed by atoms with van der Waals surface area (Å²) in [6.45, 7) is 4.43. The molecule has 0 saturated heterocycles. The zero-order chi connectivity index (χ0) is 11.4. The maximum atomic E-state index is 4.02.